The summed E-state index contributed by atoms with van der Waals surface area (Å²) in [7, 11) is 0. The lowest BCUT2D eigenvalue weighted by Crippen LogP contribution is -2.74. The molecule has 24 aliphatic rings. The van der Waals surface area contributed by atoms with Gasteiger partial charge in [-0.15, -0.1) is 0 Å². The molecule has 0 radical (unpaired) electrons. The van der Waals surface area contributed by atoms with Gasteiger partial charge in [0.05, 0.1) is 17.0 Å². The molecule has 23 aliphatic heterocycles. The topological polar surface area (TPSA) is 277 Å². The molecule has 23 heteroatoms. The van der Waals surface area contributed by atoms with Gasteiger partial charge in [0.15, 0.2) is 0 Å². The maximum atomic E-state index is 3.57. The third kappa shape index (κ3) is 20.0. The van der Waals surface area contributed by atoms with Crippen molar-refractivity contribution >= 4 is 0 Å². The van der Waals surface area contributed by atoms with Crippen LogP contribution in [0.4, 0.5) is 0 Å². The van der Waals surface area contributed by atoms with Gasteiger partial charge in [-0.25, -0.2) is 0 Å². The van der Waals surface area contributed by atoms with Crippen LogP contribution >= 0.6 is 0 Å². The van der Waals surface area contributed by atoms with E-state index >= 15 is 0 Å². The Balaban J connectivity index is 0.000000101. The van der Waals surface area contributed by atoms with Gasteiger partial charge in [-0.1, -0.05) is 13.8 Å². The highest BCUT2D eigenvalue weighted by Crippen LogP contribution is 2.43. The highest BCUT2D eigenvalue weighted by atomic mass is 15.3. The van der Waals surface area contributed by atoms with Crippen LogP contribution in [0.2, 0.25) is 0 Å². The largest absolute Gasteiger partial charge is 0.316 e. The molecule has 97 heavy (non-hydrogen) atoms. The Morgan fingerprint density at radius 3 is 0.505 bits per heavy atom. The molecule has 23 heterocycles. The second-order valence-electron chi connectivity index (χ2n) is 35.2. The van der Waals surface area contributed by atoms with Crippen molar-refractivity contribution < 1.29 is 0 Å². The van der Waals surface area contributed by atoms with Gasteiger partial charge in [-0.2, -0.15) is 0 Å². The molecule has 23 nitrogen and oxygen atoms in total. The minimum atomic E-state index is 0. The summed E-state index contributed by atoms with van der Waals surface area (Å²) in [5.41, 5.74) is 6.92. The lowest BCUT2D eigenvalue weighted by Gasteiger charge is -2.51. The predicted molar refractivity (Wildman–Crippen MR) is 401 cm³/mol. The van der Waals surface area contributed by atoms with Crippen molar-refractivity contribution in [1.29, 1.82) is 0 Å². The molecule has 4 unspecified atom stereocenters. The molecule has 0 aromatic carbocycles. The highest BCUT2D eigenvalue weighted by Gasteiger charge is 2.47. The first kappa shape index (κ1) is 75.8. The molecule has 0 amide bonds. The molecule has 4 atom stereocenters. The molecule has 560 valence electrons. The smallest absolute Gasteiger partial charge is 0.0711 e. The van der Waals surface area contributed by atoms with E-state index in [-0.39, 0.29) is 7.43 Å². The molecular formula is C74H149N23. The summed E-state index contributed by atoms with van der Waals surface area (Å²) in [6.45, 7) is 43.1. The number of rotatable bonds is 0. The van der Waals surface area contributed by atoms with Gasteiger partial charge >= 0.3 is 0 Å². The van der Waals surface area contributed by atoms with Crippen LogP contribution in [0.15, 0.2) is 0 Å². The average Bonchev–Trinajstić information content (AvgIpc) is 1.81. The summed E-state index contributed by atoms with van der Waals surface area (Å²) < 4.78 is 0. The van der Waals surface area contributed by atoms with E-state index in [0.29, 0.717) is 55.5 Å². The zero-order chi connectivity index (χ0) is 65.4. The lowest BCUT2D eigenvalue weighted by molar-refractivity contribution is 0.0603. The van der Waals surface area contributed by atoms with Gasteiger partial charge in [0.1, 0.15) is 0 Å². The minimum Gasteiger partial charge on any atom is -0.316 e. The van der Waals surface area contributed by atoms with E-state index < -0.39 is 0 Å². The average molecular weight is 1360 g/mol. The molecule has 24 fully saturated rings. The number of nitrogens with one attached hydrogen (secondary N) is 23. The normalized spacial score (nSPS) is 36.6. The summed E-state index contributed by atoms with van der Waals surface area (Å²) in [6.07, 6.45) is 35.9. The van der Waals surface area contributed by atoms with Crippen molar-refractivity contribution in [3.63, 3.8) is 0 Å². The van der Waals surface area contributed by atoms with Crippen LogP contribution in [0, 0.1) is 21.7 Å². The zero-order valence-corrected chi connectivity index (χ0v) is 60.6. The van der Waals surface area contributed by atoms with Crippen LogP contribution in [-0.4, -0.2) is 274 Å². The summed E-state index contributed by atoms with van der Waals surface area (Å²) in [4.78, 5) is 0. The summed E-state index contributed by atoms with van der Waals surface area (Å²) in [6, 6.07) is 0. The van der Waals surface area contributed by atoms with Crippen molar-refractivity contribution in [2.75, 3.05) is 229 Å². The predicted octanol–water partition coefficient (Wildman–Crippen LogP) is -0.769. The van der Waals surface area contributed by atoms with Crippen LogP contribution in [-0.2, 0) is 0 Å². The summed E-state index contributed by atoms with van der Waals surface area (Å²) in [5.74, 6) is 0. The van der Waals surface area contributed by atoms with Crippen molar-refractivity contribution in [3.8, 4) is 0 Å². The first-order valence-electron chi connectivity index (χ1n) is 40.7. The van der Waals surface area contributed by atoms with Crippen LogP contribution in [0.5, 0.6) is 0 Å². The van der Waals surface area contributed by atoms with Crippen molar-refractivity contribution in [3.05, 3.63) is 0 Å². The van der Waals surface area contributed by atoms with Crippen LogP contribution in [0.25, 0.3) is 0 Å². The minimum absolute atomic E-state index is 0. The Morgan fingerprint density at radius 2 is 0.371 bits per heavy atom. The molecule has 12 spiro atoms. The standard InChI is InChI=1S/4C7H14N2.4C6H12N2.C6H11N.3C5H10N2.CH4/c1-3-8-5-7(1)2-4-9-6-7;1-3-7(8-5-1)4-2-6-9-7;2*1-2-7(9-4-1)3-5-8-6-7;1-3-7-5-6(1)2-4-8-6;1-2-7-3-6(1)4-8-5-6;1-2-6(7-4-1)3-5-8-6;1-2-6(8-3-1)4-7-5-6;1-2-6(3-1)4-7-5-6;1-5(2-6-1)3-7-4-5;1-3-6-5(1)2-4-7-5;1-2-7-5(1)3-6-4-5;/h4*8-9H,1-6H2;4*7-8H,1-5H2;7H,1-5H2;3*6-7H,1-4H2;1H4. The Kier molecular flexibility index (Phi) is 27.3. The summed E-state index contributed by atoms with van der Waals surface area (Å²) >= 11 is 0. The second kappa shape index (κ2) is 35.0. The van der Waals surface area contributed by atoms with E-state index in [9.17, 15) is 0 Å². The van der Waals surface area contributed by atoms with Crippen LogP contribution < -0.4 is 122 Å². The van der Waals surface area contributed by atoms with Gasteiger partial charge in [-0.05, 0) is 283 Å². The molecular weight excluding hydrogens is 1210 g/mol. The SMILES string of the molecule is C.C1CC2(C1)CNC2.C1CC2(CCN2)CN1.C1CC2(CCN2)N1.C1CC2(CCNC2)CN1.C1CC2(CN1)CNC2.C1CC2(CNC2)N1.C1CNC2(C1)CCCN2.C1CNC2(C1)CCN2.C1CNC2(C1)CCNC2.C1CNC2(C1)CCNC2.C1CNC2(C1)CNC2.C1NCC12CNC2. The quantitative estimate of drug-likeness (QED) is 0.142. The van der Waals surface area contributed by atoms with Crippen molar-refractivity contribution in [1.82, 2.24) is 122 Å². The van der Waals surface area contributed by atoms with E-state index in [2.05, 4.69) is 122 Å². The first-order chi connectivity index (χ1) is 47.0. The highest BCUT2D eigenvalue weighted by molar-refractivity contribution is 5.09. The fourth-order valence-electron chi connectivity index (χ4n) is 19.4. The van der Waals surface area contributed by atoms with Crippen molar-refractivity contribution in [2.24, 2.45) is 21.7 Å². The van der Waals surface area contributed by atoms with E-state index in [1.54, 1.807) is 0 Å². The third-order valence-electron chi connectivity index (χ3n) is 28.0. The van der Waals surface area contributed by atoms with E-state index in [1.807, 2.05) is 0 Å². The molecule has 24 rings (SSSR count). The van der Waals surface area contributed by atoms with Crippen LogP contribution in [0.3, 0.4) is 0 Å². The molecule has 23 saturated heterocycles. The molecule has 0 aromatic heterocycles. The lowest BCUT2D eigenvalue weighted by atomic mass is 9.65. The van der Waals surface area contributed by atoms with Gasteiger partial charge in [0, 0.05) is 156 Å². The first-order valence-corrected chi connectivity index (χ1v) is 40.7. The maximum Gasteiger partial charge on any atom is 0.0711 e. The Hall–Kier alpha value is -0.920. The van der Waals surface area contributed by atoms with Gasteiger partial charge in [0.25, 0.3) is 0 Å². The third-order valence-corrected chi connectivity index (χ3v) is 28.0. The van der Waals surface area contributed by atoms with E-state index in [1.165, 1.54) is 396 Å². The van der Waals surface area contributed by atoms with Crippen LogP contribution in [0.1, 0.15) is 174 Å². The summed E-state index contributed by atoms with van der Waals surface area (Å²) in [5, 5.41) is 78.1. The number of hydrogen-bond donors (Lipinski definition) is 23. The van der Waals surface area contributed by atoms with Gasteiger partial charge in [-0.3, -0.25) is 31.9 Å². The van der Waals surface area contributed by atoms with E-state index in [4.69, 9.17) is 0 Å². The molecule has 1 aliphatic carbocycles. The molecule has 0 aromatic rings. The molecule has 1 saturated carbocycles. The second-order valence-corrected chi connectivity index (χ2v) is 35.2. The van der Waals surface area contributed by atoms with E-state index in [0.717, 1.165) is 10.8 Å². The molecule has 0 bridgehead atoms. The van der Waals surface area contributed by atoms with Gasteiger partial charge in [0.2, 0.25) is 0 Å². The fraction of sp³-hybridized carbons (Fsp3) is 1.00. The molecule has 23 N–H and O–H groups in total. The Labute approximate surface area is 589 Å². The van der Waals surface area contributed by atoms with Gasteiger partial charge < -0.3 is 90.4 Å². The monoisotopic (exact) mass is 1360 g/mol. The fourth-order valence-corrected chi connectivity index (χ4v) is 19.4. The maximum absolute atomic E-state index is 3.57. The Morgan fingerprint density at radius 1 is 0.134 bits per heavy atom. The zero-order valence-electron chi connectivity index (χ0n) is 60.6. The van der Waals surface area contributed by atoms with Crippen molar-refractivity contribution in [2.45, 2.75) is 219 Å². The Bertz CT molecular complexity index is 1750. The number of hydrogen-bond acceptors (Lipinski definition) is 23.